The maximum Gasteiger partial charge on any atom is 0.226 e. The van der Waals surface area contributed by atoms with Gasteiger partial charge in [0.1, 0.15) is 0 Å². The van der Waals surface area contributed by atoms with Gasteiger partial charge in [-0.1, -0.05) is 0 Å². The maximum atomic E-state index is 11.3. The van der Waals surface area contributed by atoms with E-state index in [2.05, 4.69) is 5.32 Å². The summed E-state index contributed by atoms with van der Waals surface area (Å²) in [6.45, 7) is 0.139. The van der Waals surface area contributed by atoms with E-state index in [1.807, 2.05) is 0 Å². The summed E-state index contributed by atoms with van der Waals surface area (Å²) in [4.78, 5) is 11.3. The average molecular weight is 155 g/mol. The third-order valence-corrected chi connectivity index (χ3v) is 3.02. The minimum Gasteiger partial charge on any atom is -0.396 e. The molecule has 1 heterocycles. The monoisotopic (exact) mass is 155 g/mol. The van der Waals surface area contributed by atoms with Crippen LogP contribution in [-0.4, -0.2) is 23.7 Å². The second-order valence-electron chi connectivity index (χ2n) is 3.67. The van der Waals surface area contributed by atoms with Crippen molar-refractivity contribution >= 4 is 5.91 Å². The summed E-state index contributed by atoms with van der Waals surface area (Å²) in [6.07, 6.45) is 3.68. The van der Waals surface area contributed by atoms with Gasteiger partial charge in [-0.3, -0.25) is 4.79 Å². The van der Waals surface area contributed by atoms with Crippen LogP contribution in [0.2, 0.25) is 0 Å². The summed E-state index contributed by atoms with van der Waals surface area (Å²) >= 11 is 0. The highest BCUT2D eigenvalue weighted by molar-refractivity contribution is 5.86. The first-order valence-corrected chi connectivity index (χ1v) is 4.19. The summed E-state index contributed by atoms with van der Waals surface area (Å²) in [6, 6.07) is 0.411. The van der Waals surface area contributed by atoms with Crippen LogP contribution in [0.3, 0.4) is 0 Å². The molecular weight excluding hydrogens is 142 g/mol. The lowest BCUT2D eigenvalue weighted by atomic mass is 9.83. The highest BCUT2D eigenvalue weighted by atomic mass is 16.3. The molecule has 0 aromatic carbocycles. The van der Waals surface area contributed by atoms with Crippen LogP contribution < -0.4 is 5.32 Å². The third kappa shape index (κ3) is 0.872. The fraction of sp³-hybridized carbons (Fsp3) is 0.875. The summed E-state index contributed by atoms with van der Waals surface area (Å²) in [5.41, 5.74) is -0.181. The van der Waals surface area contributed by atoms with Crippen molar-refractivity contribution in [3.05, 3.63) is 0 Å². The third-order valence-electron chi connectivity index (χ3n) is 3.02. The van der Waals surface area contributed by atoms with E-state index in [1.54, 1.807) is 0 Å². The number of hydrogen-bond donors (Lipinski definition) is 2. The van der Waals surface area contributed by atoms with Crippen LogP contribution in [0.5, 0.6) is 0 Å². The Morgan fingerprint density at radius 1 is 1.73 bits per heavy atom. The van der Waals surface area contributed by atoms with Crippen LogP contribution >= 0.6 is 0 Å². The average Bonchev–Trinajstić information content (AvgIpc) is 2.45. The minimum atomic E-state index is -0.181. The fourth-order valence-electron chi connectivity index (χ4n) is 2.35. The Labute approximate surface area is 65.8 Å². The molecule has 2 fully saturated rings. The largest absolute Gasteiger partial charge is 0.396 e. The summed E-state index contributed by atoms with van der Waals surface area (Å²) in [7, 11) is 0. The lowest BCUT2D eigenvalue weighted by Crippen LogP contribution is -2.37. The zero-order valence-corrected chi connectivity index (χ0v) is 6.47. The topological polar surface area (TPSA) is 49.3 Å². The van der Waals surface area contributed by atoms with Gasteiger partial charge in [-0.2, -0.15) is 0 Å². The second-order valence-corrected chi connectivity index (χ2v) is 3.67. The molecule has 1 saturated heterocycles. The Bertz CT molecular complexity index is 193. The molecule has 1 aliphatic carbocycles. The Morgan fingerprint density at radius 3 is 3.00 bits per heavy atom. The van der Waals surface area contributed by atoms with Crippen molar-refractivity contribution in [2.75, 3.05) is 6.61 Å². The van der Waals surface area contributed by atoms with Gasteiger partial charge in [0.15, 0.2) is 0 Å². The van der Waals surface area contributed by atoms with E-state index in [1.165, 1.54) is 0 Å². The predicted molar refractivity (Wildman–Crippen MR) is 39.9 cm³/mol. The summed E-state index contributed by atoms with van der Waals surface area (Å²) < 4.78 is 0. The lowest BCUT2D eigenvalue weighted by molar-refractivity contribution is -0.129. The van der Waals surface area contributed by atoms with Crippen molar-refractivity contribution in [3.8, 4) is 0 Å². The van der Waals surface area contributed by atoms with E-state index in [4.69, 9.17) is 5.11 Å². The molecule has 3 nitrogen and oxygen atoms in total. The number of piperidine rings is 1. The molecule has 11 heavy (non-hydrogen) atoms. The van der Waals surface area contributed by atoms with E-state index in [-0.39, 0.29) is 17.9 Å². The van der Waals surface area contributed by atoms with Crippen LogP contribution in [0.15, 0.2) is 0 Å². The van der Waals surface area contributed by atoms with Gasteiger partial charge in [0.05, 0.1) is 5.41 Å². The van der Waals surface area contributed by atoms with Gasteiger partial charge in [-0.05, 0) is 25.7 Å². The molecule has 2 N–H and O–H groups in total. The van der Waals surface area contributed by atoms with E-state index >= 15 is 0 Å². The lowest BCUT2D eigenvalue weighted by Gasteiger charge is -2.22. The molecule has 1 saturated carbocycles. The van der Waals surface area contributed by atoms with Crippen molar-refractivity contribution in [1.29, 1.82) is 0 Å². The Kier molecular flexibility index (Phi) is 1.42. The number of amides is 1. The first-order chi connectivity index (χ1) is 5.27. The van der Waals surface area contributed by atoms with E-state index in [9.17, 15) is 4.79 Å². The van der Waals surface area contributed by atoms with Crippen LogP contribution in [0.25, 0.3) is 0 Å². The molecule has 0 radical (unpaired) electrons. The van der Waals surface area contributed by atoms with E-state index in [0.29, 0.717) is 12.5 Å². The molecule has 1 amide bonds. The van der Waals surface area contributed by atoms with E-state index < -0.39 is 0 Å². The molecule has 0 spiro atoms. The molecule has 2 aliphatic rings. The van der Waals surface area contributed by atoms with Gasteiger partial charge in [0.2, 0.25) is 5.91 Å². The standard InChI is InChI=1S/C8H13NO2/c10-4-3-8-2-1-6(5-8)9-7(8)11/h6,10H,1-5H2,(H,9,11)/t6-,8-/m1/s1. The number of aliphatic hydroxyl groups excluding tert-OH is 1. The molecule has 2 atom stereocenters. The van der Waals surface area contributed by atoms with Crippen molar-refractivity contribution in [2.24, 2.45) is 5.41 Å². The van der Waals surface area contributed by atoms with Gasteiger partial charge in [-0.25, -0.2) is 0 Å². The summed E-state index contributed by atoms with van der Waals surface area (Å²) in [5, 5.41) is 11.7. The van der Waals surface area contributed by atoms with Gasteiger partial charge >= 0.3 is 0 Å². The quantitative estimate of drug-likeness (QED) is 0.591. The Morgan fingerprint density at radius 2 is 2.55 bits per heavy atom. The molecule has 3 heteroatoms. The van der Waals surface area contributed by atoms with Crippen LogP contribution in [0, 0.1) is 5.41 Å². The molecule has 2 rings (SSSR count). The van der Waals surface area contributed by atoms with Crippen LogP contribution in [0.4, 0.5) is 0 Å². The number of rotatable bonds is 2. The van der Waals surface area contributed by atoms with Gasteiger partial charge < -0.3 is 10.4 Å². The Hall–Kier alpha value is -0.570. The number of hydrogen-bond acceptors (Lipinski definition) is 2. The SMILES string of the molecule is O=C1N[C@@H]2CC[C@@]1(CCO)C2. The number of carbonyl (C=O) groups excluding carboxylic acids is 1. The van der Waals surface area contributed by atoms with Gasteiger partial charge in [-0.15, -0.1) is 0 Å². The molecule has 0 unspecified atom stereocenters. The van der Waals surface area contributed by atoms with Crippen molar-refractivity contribution in [3.63, 3.8) is 0 Å². The van der Waals surface area contributed by atoms with Crippen LogP contribution in [-0.2, 0) is 4.79 Å². The Balaban J connectivity index is 2.16. The smallest absolute Gasteiger partial charge is 0.226 e. The molecule has 0 aromatic heterocycles. The molecule has 1 aliphatic heterocycles. The second kappa shape index (κ2) is 2.21. The number of nitrogens with one attached hydrogen (secondary N) is 1. The molecule has 62 valence electrons. The first kappa shape index (κ1) is 7.10. The normalized spacial score (nSPS) is 41.2. The van der Waals surface area contributed by atoms with Gasteiger partial charge in [0.25, 0.3) is 0 Å². The van der Waals surface area contributed by atoms with E-state index in [0.717, 1.165) is 19.3 Å². The van der Waals surface area contributed by atoms with Crippen molar-refractivity contribution in [1.82, 2.24) is 5.32 Å². The van der Waals surface area contributed by atoms with Crippen molar-refractivity contribution < 1.29 is 9.90 Å². The predicted octanol–water partition coefficient (Wildman–Crippen LogP) is 0.0375. The van der Waals surface area contributed by atoms with Crippen molar-refractivity contribution in [2.45, 2.75) is 31.7 Å². The minimum absolute atomic E-state index is 0.139. The van der Waals surface area contributed by atoms with Gasteiger partial charge in [0, 0.05) is 12.6 Å². The highest BCUT2D eigenvalue weighted by Gasteiger charge is 2.50. The number of carbonyl (C=O) groups is 1. The molecule has 0 aromatic rings. The zero-order valence-electron chi connectivity index (χ0n) is 6.47. The number of aliphatic hydroxyl groups is 1. The molecule has 2 bridgehead atoms. The maximum absolute atomic E-state index is 11.3. The fourth-order valence-corrected chi connectivity index (χ4v) is 2.35. The zero-order chi connectivity index (χ0) is 7.90. The highest BCUT2D eigenvalue weighted by Crippen LogP contribution is 2.45. The first-order valence-electron chi connectivity index (χ1n) is 4.19. The van der Waals surface area contributed by atoms with Crippen LogP contribution in [0.1, 0.15) is 25.7 Å². The number of fused-ring (bicyclic) bond motifs is 2. The molecular formula is C8H13NO2. The summed E-state index contributed by atoms with van der Waals surface area (Å²) in [5.74, 6) is 0.169.